The Morgan fingerprint density at radius 2 is 1.50 bits per heavy atom. The molecule has 3 aromatic heterocycles. The molecule has 0 spiro atoms. The third-order valence-corrected chi connectivity index (χ3v) is 8.81. The number of ether oxygens (including phenoxy) is 1. The van der Waals surface area contributed by atoms with E-state index in [1.54, 1.807) is 0 Å². The van der Waals surface area contributed by atoms with Crippen molar-refractivity contribution >= 4 is 21.8 Å². The average molecular weight is 840 g/mol. The van der Waals surface area contributed by atoms with Crippen molar-refractivity contribution < 1.29 is 30.4 Å². The molecular formula is C44H44N4OPt-2. The normalized spacial score (nSPS) is 11.9. The molecule has 5 nitrogen and oxygen atoms in total. The second-order valence-corrected chi connectivity index (χ2v) is 14.9. The minimum Gasteiger partial charge on any atom is -0.510 e. The molecular weight excluding hydrogens is 796 g/mol. The van der Waals surface area contributed by atoms with Gasteiger partial charge in [0.2, 0.25) is 0 Å². The number of hydrogen-bond donors (Lipinski definition) is 0. The third kappa shape index (κ3) is 7.49. The van der Waals surface area contributed by atoms with Gasteiger partial charge in [0, 0.05) is 56.7 Å². The zero-order valence-electron chi connectivity index (χ0n) is 29.9. The van der Waals surface area contributed by atoms with Crippen molar-refractivity contribution in [2.24, 2.45) is 11.8 Å². The number of imidazole rings is 1. The maximum absolute atomic E-state index is 6.43. The van der Waals surface area contributed by atoms with Gasteiger partial charge in [0.15, 0.2) is 0 Å². The summed E-state index contributed by atoms with van der Waals surface area (Å²) in [5.74, 6) is 3.27. The van der Waals surface area contributed by atoms with E-state index in [4.69, 9.17) is 9.72 Å². The van der Waals surface area contributed by atoms with Crippen molar-refractivity contribution in [1.82, 2.24) is 14.1 Å². The predicted molar refractivity (Wildman–Crippen MR) is 198 cm³/mol. The maximum Gasteiger partial charge on any atom is 0.267 e. The monoisotopic (exact) mass is 839 g/mol. The quantitative estimate of drug-likeness (QED) is 0.107. The van der Waals surface area contributed by atoms with E-state index in [1.165, 1.54) is 16.7 Å². The number of nitrogens with zero attached hydrogens (tertiary/aromatic N) is 4. The van der Waals surface area contributed by atoms with E-state index in [0.29, 0.717) is 23.3 Å². The summed E-state index contributed by atoms with van der Waals surface area (Å²) in [5, 5.41) is 2.25. The van der Waals surface area contributed by atoms with Gasteiger partial charge in [0.1, 0.15) is 5.82 Å². The molecule has 0 radical (unpaired) electrons. The van der Waals surface area contributed by atoms with Crippen LogP contribution in [0.5, 0.6) is 11.5 Å². The fourth-order valence-electron chi connectivity index (χ4n) is 6.59. The van der Waals surface area contributed by atoms with Gasteiger partial charge in [0.25, 0.3) is 6.33 Å². The van der Waals surface area contributed by atoms with Crippen molar-refractivity contribution in [1.29, 1.82) is 0 Å². The largest absolute Gasteiger partial charge is 0.510 e. The van der Waals surface area contributed by atoms with Crippen LogP contribution in [-0.4, -0.2) is 14.1 Å². The minimum absolute atomic E-state index is 0. The van der Waals surface area contributed by atoms with E-state index in [-0.39, 0.29) is 26.5 Å². The first-order valence-corrected chi connectivity index (χ1v) is 17.3. The fraction of sp³-hybridized carbons (Fsp3) is 0.273. The first kappa shape index (κ1) is 35.4. The SMILES string of the molecule is CC(C)Cc1cc(CC(C)C)cc(-[n+]2[c-]n(-c3[c-]c(Oc4[c-]c5c(cc4)c4ccccc4n5-c4cc(C(C)(C)C)ccn4)ccc3)cc2)c1.[Pt]. The minimum atomic E-state index is 0. The van der Waals surface area contributed by atoms with E-state index in [9.17, 15) is 0 Å². The molecule has 0 aliphatic rings. The molecule has 0 amide bonds. The molecule has 7 rings (SSSR count). The van der Waals surface area contributed by atoms with Gasteiger partial charge in [-0.15, -0.1) is 29.7 Å². The molecule has 0 atom stereocenters. The number of rotatable bonds is 9. The van der Waals surface area contributed by atoms with Crippen molar-refractivity contribution in [2.75, 3.05) is 0 Å². The number of benzene rings is 4. The topological polar surface area (TPSA) is 35.9 Å². The average Bonchev–Trinajstić information content (AvgIpc) is 3.67. The molecule has 4 aromatic carbocycles. The van der Waals surface area contributed by atoms with Gasteiger partial charge in [-0.2, -0.15) is 18.2 Å². The Hall–Kier alpha value is -4.47. The smallest absolute Gasteiger partial charge is 0.267 e. The Balaban J connectivity index is 0.00000432. The van der Waals surface area contributed by atoms with E-state index < -0.39 is 0 Å². The predicted octanol–water partition coefficient (Wildman–Crippen LogP) is 10.1. The van der Waals surface area contributed by atoms with Gasteiger partial charge < -0.3 is 13.9 Å². The van der Waals surface area contributed by atoms with Gasteiger partial charge >= 0.3 is 0 Å². The summed E-state index contributed by atoms with van der Waals surface area (Å²) in [6, 6.07) is 36.7. The second kappa shape index (κ2) is 14.4. The molecule has 0 unspecified atom stereocenters. The molecule has 0 N–H and O–H groups in total. The van der Waals surface area contributed by atoms with E-state index in [0.717, 1.165) is 51.8 Å². The van der Waals surface area contributed by atoms with Crippen LogP contribution in [0.3, 0.4) is 0 Å². The Kier molecular flexibility index (Phi) is 10.2. The zero-order valence-corrected chi connectivity index (χ0v) is 32.2. The van der Waals surface area contributed by atoms with E-state index in [2.05, 4.69) is 143 Å². The van der Waals surface area contributed by atoms with Crippen LogP contribution in [0.25, 0.3) is 39.0 Å². The van der Waals surface area contributed by atoms with Gasteiger partial charge in [-0.25, -0.2) is 4.98 Å². The Labute approximate surface area is 310 Å². The fourth-order valence-corrected chi connectivity index (χ4v) is 6.59. The molecule has 258 valence electrons. The Morgan fingerprint density at radius 3 is 2.22 bits per heavy atom. The van der Waals surface area contributed by atoms with Crippen molar-refractivity contribution in [3.8, 4) is 28.7 Å². The molecule has 50 heavy (non-hydrogen) atoms. The van der Waals surface area contributed by atoms with E-state index >= 15 is 0 Å². The summed E-state index contributed by atoms with van der Waals surface area (Å²) >= 11 is 0. The second-order valence-electron chi connectivity index (χ2n) is 14.9. The summed E-state index contributed by atoms with van der Waals surface area (Å²) in [7, 11) is 0. The van der Waals surface area contributed by atoms with Crippen LogP contribution in [-0.2, 0) is 39.3 Å². The molecule has 0 aliphatic heterocycles. The third-order valence-electron chi connectivity index (χ3n) is 8.81. The first-order chi connectivity index (χ1) is 23.5. The van der Waals surface area contributed by atoms with Gasteiger partial charge in [0.05, 0.1) is 5.69 Å². The van der Waals surface area contributed by atoms with Crippen LogP contribution in [0.15, 0.2) is 104 Å². The maximum atomic E-state index is 6.43. The van der Waals surface area contributed by atoms with Crippen molar-refractivity contribution in [3.63, 3.8) is 0 Å². The molecule has 6 heteroatoms. The van der Waals surface area contributed by atoms with Crippen LogP contribution in [0.2, 0.25) is 0 Å². The molecule has 0 fully saturated rings. The molecule has 0 aliphatic carbocycles. The summed E-state index contributed by atoms with van der Waals surface area (Å²) in [4.78, 5) is 4.80. The van der Waals surface area contributed by atoms with Crippen molar-refractivity contribution in [2.45, 2.75) is 66.7 Å². The van der Waals surface area contributed by atoms with Crippen LogP contribution < -0.4 is 9.30 Å². The number of aromatic nitrogens is 4. The first-order valence-electron chi connectivity index (χ1n) is 17.3. The zero-order chi connectivity index (χ0) is 34.3. The van der Waals surface area contributed by atoms with E-state index in [1.807, 2.05) is 41.2 Å². The molecule has 3 heterocycles. The number of pyridine rings is 1. The number of fused-ring (bicyclic) bond motifs is 3. The van der Waals surface area contributed by atoms with Crippen LogP contribution in [0.1, 0.15) is 65.2 Å². The Morgan fingerprint density at radius 1 is 0.780 bits per heavy atom. The summed E-state index contributed by atoms with van der Waals surface area (Å²) in [6.45, 7) is 15.8. The summed E-state index contributed by atoms with van der Waals surface area (Å²) in [5.41, 5.74) is 7.93. The van der Waals surface area contributed by atoms with Crippen LogP contribution in [0, 0.1) is 30.3 Å². The number of hydrogen-bond acceptors (Lipinski definition) is 2. The molecule has 0 saturated heterocycles. The molecule has 0 bridgehead atoms. The summed E-state index contributed by atoms with van der Waals surface area (Å²) in [6.07, 6.45) is 11.6. The van der Waals surface area contributed by atoms with Gasteiger partial charge in [-0.05, 0) is 77.1 Å². The standard InChI is InChI=1S/C44H44N4O.Pt/c1-30(2)21-32-23-33(22-31(3)4)25-36(24-32)47-20-19-46(29-47)35-11-10-12-37(27-35)49-38-15-16-40-39-13-8-9-14-41(39)48(42(40)28-38)43-26-34(17-18-45-43)44(5,6)7;/h8-20,23-26,30-31H,21-22H2,1-7H3;/q-2;. The van der Waals surface area contributed by atoms with Crippen LogP contribution >= 0.6 is 0 Å². The molecule has 0 saturated carbocycles. The van der Waals surface area contributed by atoms with Gasteiger partial charge in [-0.1, -0.05) is 89.4 Å². The van der Waals surface area contributed by atoms with Crippen molar-refractivity contribution in [3.05, 3.63) is 139 Å². The van der Waals surface area contributed by atoms with Crippen LogP contribution in [0.4, 0.5) is 0 Å². The van der Waals surface area contributed by atoms with Gasteiger partial charge in [-0.3, -0.25) is 4.57 Å². The number of para-hydroxylation sites is 1. The Bertz CT molecular complexity index is 2240. The molecule has 7 aromatic rings. The summed E-state index contributed by atoms with van der Waals surface area (Å²) < 4.78 is 12.6.